The van der Waals surface area contributed by atoms with Crippen molar-refractivity contribution in [2.75, 3.05) is 13.7 Å². The van der Waals surface area contributed by atoms with E-state index in [1.807, 2.05) is 43.4 Å². The molecule has 0 radical (unpaired) electrons. The Hall–Kier alpha value is -1.39. The highest BCUT2D eigenvalue weighted by Crippen LogP contribution is 2.17. The topological polar surface area (TPSA) is 21.3 Å². The lowest BCUT2D eigenvalue weighted by Crippen LogP contribution is -2.29. The summed E-state index contributed by atoms with van der Waals surface area (Å²) >= 11 is 3.32. The zero-order valence-electron chi connectivity index (χ0n) is 12.0. The number of para-hydroxylation sites is 1. The van der Waals surface area contributed by atoms with Gasteiger partial charge < -0.3 is 10.1 Å². The Morgan fingerprint density at radius 3 is 2.62 bits per heavy atom. The Kier molecular flexibility index (Phi) is 6.21. The summed E-state index contributed by atoms with van der Waals surface area (Å²) < 4.78 is 19.9. The van der Waals surface area contributed by atoms with Gasteiger partial charge in [0.05, 0.1) is 6.61 Å². The van der Waals surface area contributed by atoms with Crippen LogP contribution < -0.4 is 10.1 Å². The maximum absolute atomic E-state index is 13.4. The number of benzene rings is 2. The lowest BCUT2D eigenvalue weighted by atomic mass is 10.0. The second-order valence-corrected chi connectivity index (χ2v) is 5.83. The van der Waals surface area contributed by atoms with Crippen LogP contribution in [-0.4, -0.2) is 19.7 Å². The average Bonchev–Trinajstić information content (AvgIpc) is 2.46. The van der Waals surface area contributed by atoms with Gasteiger partial charge in [0.1, 0.15) is 11.6 Å². The molecule has 2 aromatic rings. The smallest absolute Gasteiger partial charge is 0.124 e. The van der Waals surface area contributed by atoms with Crippen LogP contribution in [0.4, 0.5) is 4.39 Å². The number of nitrogens with one attached hydrogen (secondary N) is 1. The van der Waals surface area contributed by atoms with Crippen molar-refractivity contribution in [1.82, 2.24) is 5.32 Å². The molecule has 2 nitrogen and oxygen atoms in total. The predicted molar refractivity (Wildman–Crippen MR) is 87.2 cm³/mol. The molecule has 1 unspecified atom stereocenters. The molecule has 0 heterocycles. The maximum atomic E-state index is 13.4. The molecule has 4 heteroatoms. The van der Waals surface area contributed by atoms with Gasteiger partial charge in [-0.05, 0) is 55.8 Å². The summed E-state index contributed by atoms with van der Waals surface area (Å²) in [6, 6.07) is 15.0. The van der Waals surface area contributed by atoms with Crippen LogP contribution in [0.25, 0.3) is 0 Å². The van der Waals surface area contributed by atoms with E-state index in [4.69, 9.17) is 4.74 Å². The minimum Gasteiger partial charge on any atom is -0.494 e. The van der Waals surface area contributed by atoms with Gasteiger partial charge in [-0.25, -0.2) is 4.39 Å². The van der Waals surface area contributed by atoms with Gasteiger partial charge in [-0.15, -0.1) is 0 Å². The minimum absolute atomic E-state index is 0.213. The summed E-state index contributed by atoms with van der Waals surface area (Å²) in [5.41, 5.74) is 0.973. The first-order chi connectivity index (χ1) is 10.2. The molecule has 0 aliphatic carbocycles. The van der Waals surface area contributed by atoms with Crippen LogP contribution in [0.5, 0.6) is 5.75 Å². The second-order valence-electron chi connectivity index (χ2n) is 4.92. The molecule has 2 aromatic carbocycles. The summed E-state index contributed by atoms with van der Waals surface area (Å²) in [4.78, 5) is 0. The second kappa shape index (κ2) is 8.15. The van der Waals surface area contributed by atoms with Crippen molar-refractivity contribution < 1.29 is 9.13 Å². The molecule has 0 aliphatic rings. The summed E-state index contributed by atoms with van der Waals surface area (Å²) in [7, 11) is 1.92. The average molecular weight is 352 g/mol. The van der Waals surface area contributed by atoms with E-state index < -0.39 is 0 Å². The molecular weight excluding hydrogens is 333 g/mol. The molecule has 21 heavy (non-hydrogen) atoms. The molecule has 0 amide bonds. The SMILES string of the molecule is CNC(CCOc1ccccc1)Cc1cc(F)cc(Br)c1. The fraction of sp³-hybridized carbons (Fsp3) is 0.294. The number of likely N-dealkylation sites (N-methyl/N-ethyl adjacent to an activating group) is 1. The Balaban J connectivity index is 1.85. The van der Waals surface area contributed by atoms with Crippen molar-refractivity contribution in [3.05, 3.63) is 64.4 Å². The molecule has 0 saturated carbocycles. The molecule has 1 N–H and O–H groups in total. The van der Waals surface area contributed by atoms with Gasteiger partial charge in [-0.1, -0.05) is 34.1 Å². The van der Waals surface area contributed by atoms with Gasteiger partial charge >= 0.3 is 0 Å². The number of hydrogen-bond acceptors (Lipinski definition) is 2. The number of rotatable bonds is 7. The van der Waals surface area contributed by atoms with Crippen LogP contribution in [0, 0.1) is 5.82 Å². The largest absolute Gasteiger partial charge is 0.494 e. The Labute approximate surface area is 133 Å². The number of hydrogen-bond donors (Lipinski definition) is 1. The zero-order valence-corrected chi connectivity index (χ0v) is 13.6. The monoisotopic (exact) mass is 351 g/mol. The third-order valence-electron chi connectivity index (χ3n) is 3.29. The first kappa shape index (κ1) is 16.0. The highest BCUT2D eigenvalue weighted by atomic mass is 79.9. The van der Waals surface area contributed by atoms with Gasteiger partial charge in [0.25, 0.3) is 0 Å². The van der Waals surface area contributed by atoms with Crippen LogP contribution in [0.15, 0.2) is 53.0 Å². The van der Waals surface area contributed by atoms with E-state index in [0.717, 1.165) is 28.6 Å². The van der Waals surface area contributed by atoms with Crippen LogP contribution in [-0.2, 0) is 6.42 Å². The van der Waals surface area contributed by atoms with E-state index in [1.54, 1.807) is 6.07 Å². The standard InChI is InChI=1S/C17H19BrFNO/c1-20-16(7-8-21-17-5-3-2-4-6-17)11-13-9-14(18)12-15(19)10-13/h2-6,9-10,12,16,20H,7-8,11H2,1H3. The molecule has 0 saturated heterocycles. The molecule has 0 aliphatic heterocycles. The normalized spacial score (nSPS) is 12.1. The van der Waals surface area contributed by atoms with Gasteiger partial charge in [0.15, 0.2) is 0 Å². The fourth-order valence-electron chi connectivity index (χ4n) is 2.20. The van der Waals surface area contributed by atoms with E-state index in [2.05, 4.69) is 21.2 Å². The van der Waals surface area contributed by atoms with E-state index in [-0.39, 0.29) is 11.9 Å². The van der Waals surface area contributed by atoms with Gasteiger partial charge in [0, 0.05) is 10.5 Å². The first-order valence-corrected chi connectivity index (χ1v) is 7.77. The Bertz CT molecular complexity index is 542. The van der Waals surface area contributed by atoms with E-state index >= 15 is 0 Å². The first-order valence-electron chi connectivity index (χ1n) is 6.97. The number of halogens is 2. The Morgan fingerprint density at radius 1 is 1.19 bits per heavy atom. The minimum atomic E-state index is -0.213. The van der Waals surface area contributed by atoms with Crippen LogP contribution >= 0.6 is 15.9 Å². The van der Waals surface area contributed by atoms with E-state index in [1.165, 1.54) is 6.07 Å². The summed E-state index contributed by atoms with van der Waals surface area (Å²) in [6.07, 6.45) is 1.63. The highest BCUT2D eigenvalue weighted by Gasteiger charge is 2.09. The van der Waals surface area contributed by atoms with E-state index in [9.17, 15) is 4.39 Å². The van der Waals surface area contributed by atoms with Gasteiger partial charge in [-0.3, -0.25) is 0 Å². The number of ether oxygens (including phenoxy) is 1. The molecular formula is C17H19BrFNO. The summed E-state index contributed by atoms with van der Waals surface area (Å²) in [6.45, 7) is 0.631. The molecule has 0 fully saturated rings. The van der Waals surface area contributed by atoms with Gasteiger partial charge in [-0.2, -0.15) is 0 Å². The lowest BCUT2D eigenvalue weighted by molar-refractivity contribution is 0.288. The van der Waals surface area contributed by atoms with Crippen LogP contribution in [0.1, 0.15) is 12.0 Å². The molecule has 0 aromatic heterocycles. The lowest BCUT2D eigenvalue weighted by Gasteiger charge is -2.17. The fourth-order valence-corrected chi connectivity index (χ4v) is 2.71. The summed E-state index contributed by atoms with van der Waals surface area (Å²) in [5, 5.41) is 3.26. The van der Waals surface area contributed by atoms with Crippen molar-refractivity contribution in [3.63, 3.8) is 0 Å². The van der Waals surface area contributed by atoms with Crippen molar-refractivity contribution >= 4 is 15.9 Å². The van der Waals surface area contributed by atoms with Crippen LogP contribution in [0.2, 0.25) is 0 Å². The van der Waals surface area contributed by atoms with Crippen LogP contribution in [0.3, 0.4) is 0 Å². The molecule has 0 spiro atoms. The van der Waals surface area contributed by atoms with E-state index in [0.29, 0.717) is 6.61 Å². The van der Waals surface area contributed by atoms with Crippen molar-refractivity contribution in [1.29, 1.82) is 0 Å². The summed E-state index contributed by atoms with van der Waals surface area (Å²) in [5.74, 6) is 0.663. The van der Waals surface area contributed by atoms with Crippen molar-refractivity contribution in [2.45, 2.75) is 18.9 Å². The molecule has 0 bridgehead atoms. The third kappa shape index (κ3) is 5.48. The van der Waals surface area contributed by atoms with Gasteiger partial charge in [0.2, 0.25) is 0 Å². The van der Waals surface area contributed by atoms with Crippen molar-refractivity contribution in [2.24, 2.45) is 0 Å². The Morgan fingerprint density at radius 2 is 1.95 bits per heavy atom. The third-order valence-corrected chi connectivity index (χ3v) is 3.75. The molecule has 1 atom stereocenters. The predicted octanol–water partition coefficient (Wildman–Crippen LogP) is 4.19. The highest BCUT2D eigenvalue weighted by molar-refractivity contribution is 9.10. The maximum Gasteiger partial charge on any atom is 0.124 e. The molecule has 112 valence electrons. The quantitative estimate of drug-likeness (QED) is 0.807. The van der Waals surface area contributed by atoms with Crippen molar-refractivity contribution in [3.8, 4) is 5.75 Å². The molecule has 2 rings (SSSR count). The zero-order chi connectivity index (χ0) is 15.1.